The molecule has 0 radical (unpaired) electrons. The third kappa shape index (κ3) is 5.50. The molecule has 0 spiro atoms. The van der Waals surface area contributed by atoms with Crippen LogP contribution in [0.2, 0.25) is 0 Å². The number of ether oxygens (including phenoxy) is 1. The van der Waals surface area contributed by atoms with Crippen LogP contribution in [0.5, 0.6) is 0 Å². The topological polar surface area (TPSA) is 52.4 Å². The van der Waals surface area contributed by atoms with Crippen molar-refractivity contribution in [3.63, 3.8) is 0 Å². The van der Waals surface area contributed by atoms with E-state index in [2.05, 4.69) is 0 Å². The number of hydrogen-bond donors (Lipinski definition) is 0. The summed E-state index contributed by atoms with van der Waals surface area (Å²) in [5, 5.41) is 9.79. The van der Waals surface area contributed by atoms with E-state index in [-0.39, 0.29) is 24.2 Å². The van der Waals surface area contributed by atoms with Gasteiger partial charge in [-0.2, -0.15) is 0 Å². The molecule has 0 aliphatic heterocycles. The molecule has 0 amide bonds. The fourth-order valence-corrected chi connectivity index (χ4v) is 0.446. The third-order valence-corrected chi connectivity index (χ3v) is 1.25. The molecule has 0 aliphatic carbocycles. The van der Waals surface area contributed by atoms with Gasteiger partial charge in [-0.05, 0) is 13.3 Å². The van der Waals surface area contributed by atoms with Crippen LogP contribution in [-0.4, -0.2) is 24.2 Å². The summed E-state index contributed by atoms with van der Waals surface area (Å²) < 4.78 is 5.06. The standard InChI is InChI=1S/C6H13NO3/c1-3-6(2)10-5-4-7(8)9/h6H,3-5H2,1-2H3. The first-order chi connectivity index (χ1) is 4.66. The Labute approximate surface area is 60.3 Å². The van der Waals surface area contributed by atoms with Crippen molar-refractivity contribution in [1.82, 2.24) is 0 Å². The molecule has 60 valence electrons. The lowest BCUT2D eigenvalue weighted by molar-refractivity contribution is -0.484. The van der Waals surface area contributed by atoms with Crippen LogP contribution in [0.1, 0.15) is 20.3 Å². The summed E-state index contributed by atoms with van der Waals surface area (Å²) in [6, 6.07) is 0. The summed E-state index contributed by atoms with van der Waals surface area (Å²) in [4.78, 5) is 9.42. The molecule has 0 bridgehead atoms. The van der Waals surface area contributed by atoms with Crippen LogP contribution in [0.25, 0.3) is 0 Å². The Balaban J connectivity index is 3.11. The smallest absolute Gasteiger partial charge is 0.226 e. The van der Waals surface area contributed by atoms with E-state index in [1.54, 1.807) is 0 Å². The van der Waals surface area contributed by atoms with Crippen LogP contribution in [-0.2, 0) is 4.74 Å². The van der Waals surface area contributed by atoms with Gasteiger partial charge in [0.15, 0.2) is 0 Å². The number of nitro groups is 1. The molecule has 0 fully saturated rings. The molecule has 10 heavy (non-hydrogen) atoms. The fraction of sp³-hybridized carbons (Fsp3) is 1.00. The largest absolute Gasteiger partial charge is 0.372 e. The Morgan fingerprint density at radius 2 is 2.30 bits per heavy atom. The van der Waals surface area contributed by atoms with E-state index in [4.69, 9.17) is 4.74 Å². The maximum absolute atomic E-state index is 9.79. The molecule has 0 N–H and O–H groups in total. The van der Waals surface area contributed by atoms with E-state index in [1.165, 1.54) is 0 Å². The molecule has 0 saturated carbocycles. The Morgan fingerprint density at radius 1 is 1.70 bits per heavy atom. The molecular formula is C6H13NO3. The van der Waals surface area contributed by atoms with Gasteiger partial charge in [0.1, 0.15) is 6.61 Å². The van der Waals surface area contributed by atoms with Crippen molar-refractivity contribution in [2.45, 2.75) is 26.4 Å². The van der Waals surface area contributed by atoms with Crippen molar-refractivity contribution < 1.29 is 9.66 Å². The van der Waals surface area contributed by atoms with E-state index >= 15 is 0 Å². The Hall–Kier alpha value is -0.640. The van der Waals surface area contributed by atoms with Gasteiger partial charge in [-0.15, -0.1) is 0 Å². The van der Waals surface area contributed by atoms with E-state index in [0.717, 1.165) is 6.42 Å². The van der Waals surface area contributed by atoms with Gasteiger partial charge >= 0.3 is 0 Å². The van der Waals surface area contributed by atoms with Crippen molar-refractivity contribution in [2.75, 3.05) is 13.2 Å². The van der Waals surface area contributed by atoms with Crippen LogP contribution in [0.4, 0.5) is 0 Å². The lowest BCUT2D eigenvalue weighted by Gasteiger charge is -2.06. The summed E-state index contributed by atoms with van der Waals surface area (Å²) in [6.45, 7) is 4.02. The molecule has 0 aromatic rings. The zero-order chi connectivity index (χ0) is 7.98. The van der Waals surface area contributed by atoms with Gasteiger partial charge < -0.3 is 4.74 Å². The van der Waals surface area contributed by atoms with Gasteiger partial charge in [-0.3, -0.25) is 10.1 Å². The number of nitrogens with zero attached hydrogens (tertiary/aromatic N) is 1. The maximum Gasteiger partial charge on any atom is 0.226 e. The van der Waals surface area contributed by atoms with E-state index in [0.29, 0.717) is 0 Å². The Bertz CT molecular complexity index is 105. The van der Waals surface area contributed by atoms with Crippen LogP contribution in [0.15, 0.2) is 0 Å². The van der Waals surface area contributed by atoms with E-state index in [1.807, 2.05) is 13.8 Å². The lowest BCUT2D eigenvalue weighted by atomic mass is 10.3. The van der Waals surface area contributed by atoms with Crippen LogP contribution >= 0.6 is 0 Å². The summed E-state index contributed by atoms with van der Waals surface area (Å²) >= 11 is 0. The first kappa shape index (κ1) is 9.36. The molecule has 0 rings (SSSR count). The van der Waals surface area contributed by atoms with Crippen molar-refractivity contribution >= 4 is 0 Å². The predicted molar refractivity (Wildman–Crippen MR) is 37.6 cm³/mol. The molecule has 0 aliphatic rings. The average molecular weight is 147 g/mol. The minimum absolute atomic E-state index is 0.0929. The first-order valence-electron chi connectivity index (χ1n) is 3.40. The van der Waals surface area contributed by atoms with Crippen molar-refractivity contribution in [3.8, 4) is 0 Å². The Morgan fingerprint density at radius 3 is 2.70 bits per heavy atom. The van der Waals surface area contributed by atoms with Gasteiger partial charge in [0.05, 0.1) is 6.10 Å². The normalized spacial score (nSPS) is 13.0. The van der Waals surface area contributed by atoms with E-state index in [9.17, 15) is 10.1 Å². The zero-order valence-electron chi connectivity index (χ0n) is 6.37. The van der Waals surface area contributed by atoms with Crippen molar-refractivity contribution in [3.05, 3.63) is 10.1 Å². The fourth-order valence-electron chi connectivity index (χ4n) is 0.446. The average Bonchev–Trinajstić information content (AvgIpc) is 1.87. The Kier molecular flexibility index (Phi) is 4.84. The monoisotopic (exact) mass is 147 g/mol. The van der Waals surface area contributed by atoms with Gasteiger partial charge in [-0.25, -0.2) is 0 Å². The molecule has 0 aromatic carbocycles. The highest BCUT2D eigenvalue weighted by molar-refractivity contribution is 4.42. The molecule has 0 aromatic heterocycles. The first-order valence-corrected chi connectivity index (χ1v) is 3.40. The summed E-state index contributed by atoms with van der Waals surface area (Å²) in [6.07, 6.45) is 1.04. The molecule has 4 nitrogen and oxygen atoms in total. The number of hydrogen-bond acceptors (Lipinski definition) is 3. The SMILES string of the molecule is CCC(C)OCC[N+](=O)[O-]. The minimum atomic E-state index is -0.373. The second-order valence-corrected chi connectivity index (χ2v) is 2.15. The van der Waals surface area contributed by atoms with Gasteiger partial charge in [0, 0.05) is 4.92 Å². The molecule has 1 atom stereocenters. The number of rotatable bonds is 5. The minimum Gasteiger partial charge on any atom is -0.372 e. The molecule has 1 unspecified atom stereocenters. The van der Waals surface area contributed by atoms with Crippen molar-refractivity contribution in [1.29, 1.82) is 0 Å². The zero-order valence-corrected chi connectivity index (χ0v) is 6.37. The lowest BCUT2D eigenvalue weighted by Crippen LogP contribution is -2.14. The third-order valence-electron chi connectivity index (χ3n) is 1.25. The van der Waals surface area contributed by atoms with Crippen LogP contribution in [0, 0.1) is 10.1 Å². The van der Waals surface area contributed by atoms with E-state index < -0.39 is 0 Å². The predicted octanol–water partition coefficient (Wildman–Crippen LogP) is 1.08. The highest BCUT2D eigenvalue weighted by Gasteiger charge is 2.00. The highest BCUT2D eigenvalue weighted by atomic mass is 16.6. The molecule has 0 saturated heterocycles. The van der Waals surface area contributed by atoms with Crippen molar-refractivity contribution in [2.24, 2.45) is 0 Å². The van der Waals surface area contributed by atoms with Crippen LogP contribution in [0.3, 0.4) is 0 Å². The summed E-state index contributed by atoms with van der Waals surface area (Å²) in [5.74, 6) is 0. The van der Waals surface area contributed by atoms with Gasteiger partial charge in [0.2, 0.25) is 6.54 Å². The second-order valence-electron chi connectivity index (χ2n) is 2.15. The quantitative estimate of drug-likeness (QED) is 0.432. The molecular weight excluding hydrogens is 134 g/mol. The molecule has 4 heteroatoms. The summed E-state index contributed by atoms with van der Waals surface area (Å²) in [7, 11) is 0. The summed E-state index contributed by atoms with van der Waals surface area (Å²) in [5.41, 5.74) is 0. The molecule has 0 heterocycles. The van der Waals surface area contributed by atoms with Gasteiger partial charge in [0.25, 0.3) is 0 Å². The van der Waals surface area contributed by atoms with Crippen LogP contribution < -0.4 is 0 Å². The second kappa shape index (κ2) is 5.17. The maximum atomic E-state index is 9.79. The van der Waals surface area contributed by atoms with Gasteiger partial charge in [-0.1, -0.05) is 6.92 Å². The highest BCUT2D eigenvalue weighted by Crippen LogP contribution is 1.94.